The van der Waals surface area contributed by atoms with Crippen molar-refractivity contribution in [2.24, 2.45) is 0 Å². The van der Waals surface area contributed by atoms with Crippen LogP contribution in [0.1, 0.15) is 18.0 Å². The topological polar surface area (TPSA) is 39.1 Å². The molecule has 2 aromatic heterocycles. The number of aromatic nitrogens is 2. The molecule has 114 valence electrons. The zero-order chi connectivity index (χ0) is 15.4. The molecule has 2 heterocycles. The maximum absolute atomic E-state index is 5.47. The van der Waals surface area contributed by atoms with E-state index in [9.17, 15) is 0 Å². The summed E-state index contributed by atoms with van der Waals surface area (Å²) in [4.78, 5) is 4.28. The molecule has 3 aromatic rings. The van der Waals surface area contributed by atoms with Crippen LogP contribution in [0, 0.1) is 0 Å². The van der Waals surface area contributed by atoms with E-state index >= 15 is 0 Å². The number of rotatable bonds is 6. The van der Waals surface area contributed by atoms with Crippen molar-refractivity contribution in [3.8, 4) is 5.75 Å². The minimum Gasteiger partial charge on any atom is -0.496 e. The highest BCUT2D eigenvalue weighted by molar-refractivity contribution is 5.86. The normalized spacial score (nSPS) is 12.5. The number of ether oxygens (including phenoxy) is 1. The van der Waals surface area contributed by atoms with Crippen molar-refractivity contribution in [1.82, 2.24) is 14.9 Å². The van der Waals surface area contributed by atoms with E-state index in [1.807, 2.05) is 37.6 Å². The molecule has 4 nitrogen and oxygen atoms in total. The van der Waals surface area contributed by atoms with Crippen LogP contribution in [0.25, 0.3) is 10.9 Å². The first-order valence-electron chi connectivity index (χ1n) is 7.53. The number of nitrogens with zero attached hydrogens (tertiary/aromatic N) is 2. The van der Waals surface area contributed by atoms with Gasteiger partial charge in [-0.25, -0.2) is 0 Å². The second kappa shape index (κ2) is 6.62. The molecule has 1 unspecified atom stereocenters. The van der Waals surface area contributed by atoms with Crippen molar-refractivity contribution >= 4 is 10.9 Å². The summed E-state index contributed by atoms with van der Waals surface area (Å²) in [6.07, 6.45) is 6.91. The Bertz CT molecular complexity index is 736. The van der Waals surface area contributed by atoms with E-state index < -0.39 is 0 Å². The molecule has 3 rings (SSSR count). The standard InChI is InChI=1S/C18H21N3O/c1-19-11-8-16(14-5-4-10-20-13-14)21-12-9-15-17(21)6-3-7-18(15)22-2/h3-7,9-10,12-13,16,19H,8,11H2,1-2H3. The fourth-order valence-corrected chi connectivity index (χ4v) is 2.93. The Kier molecular flexibility index (Phi) is 4.39. The third-order valence-corrected chi connectivity index (χ3v) is 4.02. The summed E-state index contributed by atoms with van der Waals surface area (Å²) in [6, 6.07) is 12.7. The van der Waals surface area contributed by atoms with E-state index in [4.69, 9.17) is 4.74 Å². The molecule has 0 saturated heterocycles. The highest BCUT2D eigenvalue weighted by Crippen LogP contribution is 2.31. The molecule has 0 fully saturated rings. The minimum absolute atomic E-state index is 0.255. The zero-order valence-corrected chi connectivity index (χ0v) is 13.0. The summed E-state index contributed by atoms with van der Waals surface area (Å²) >= 11 is 0. The number of methoxy groups -OCH3 is 1. The average Bonchev–Trinajstić information content (AvgIpc) is 3.00. The Labute approximate surface area is 130 Å². The molecule has 4 heteroatoms. The summed E-state index contributed by atoms with van der Waals surface area (Å²) in [5, 5.41) is 4.38. The van der Waals surface area contributed by atoms with Crippen LogP contribution >= 0.6 is 0 Å². The molecule has 0 aliphatic rings. The highest BCUT2D eigenvalue weighted by atomic mass is 16.5. The highest BCUT2D eigenvalue weighted by Gasteiger charge is 2.16. The number of hydrogen-bond donors (Lipinski definition) is 1. The molecule has 1 aromatic carbocycles. The molecule has 0 radical (unpaired) electrons. The van der Waals surface area contributed by atoms with Gasteiger partial charge in [-0.15, -0.1) is 0 Å². The van der Waals surface area contributed by atoms with Gasteiger partial charge in [0.05, 0.1) is 18.7 Å². The van der Waals surface area contributed by atoms with Crippen molar-refractivity contribution in [1.29, 1.82) is 0 Å². The van der Waals surface area contributed by atoms with E-state index in [0.717, 1.165) is 24.1 Å². The van der Waals surface area contributed by atoms with Gasteiger partial charge in [0.15, 0.2) is 0 Å². The van der Waals surface area contributed by atoms with E-state index in [2.05, 4.69) is 39.3 Å². The molecule has 0 bridgehead atoms. The van der Waals surface area contributed by atoms with Gasteiger partial charge < -0.3 is 14.6 Å². The lowest BCUT2D eigenvalue weighted by atomic mass is 10.1. The Morgan fingerprint density at radius 3 is 2.86 bits per heavy atom. The van der Waals surface area contributed by atoms with Crippen LogP contribution < -0.4 is 10.1 Å². The van der Waals surface area contributed by atoms with Gasteiger partial charge in [0.2, 0.25) is 0 Å². The first-order valence-corrected chi connectivity index (χ1v) is 7.53. The van der Waals surface area contributed by atoms with Crippen molar-refractivity contribution < 1.29 is 4.74 Å². The molecule has 0 spiro atoms. The molecule has 1 N–H and O–H groups in total. The van der Waals surface area contributed by atoms with E-state index in [0.29, 0.717) is 0 Å². The maximum Gasteiger partial charge on any atom is 0.128 e. The van der Waals surface area contributed by atoms with Crippen molar-refractivity contribution in [3.63, 3.8) is 0 Å². The van der Waals surface area contributed by atoms with Gasteiger partial charge >= 0.3 is 0 Å². The molecule has 0 amide bonds. The number of hydrogen-bond acceptors (Lipinski definition) is 3. The predicted octanol–water partition coefficient (Wildman–Crippen LogP) is 3.24. The summed E-state index contributed by atoms with van der Waals surface area (Å²) < 4.78 is 7.78. The van der Waals surface area contributed by atoms with Gasteiger partial charge in [0, 0.05) is 24.0 Å². The first-order chi connectivity index (χ1) is 10.8. The Balaban J connectivity index is 2.08. The predicted molar refractivity (Wildman–Crippen MR) is 89.4 cm³/mol. The Morgan fingerprint density at radius 1 is 1.23 bits per heavy atom. The van der Waals surface area contributed by atoms with Gasteiger partial charge in [-0.05, 0) is 49.8 Å². The van der Waals surface area contributed by atoms with Crippen LogP contribution in [0.15, 0.2) is 55.0 Å². The second-order valence-electron chi connectivity index (χ2n) is 5.31. The van der Waals surface area contributed by atoms with Gasteiger partial charge in [-0.2, -0.15) is 0 Å². The van der Waals surface area contributed by atoms with Crippen LogP contribution in [0.2, 0.25) is 0 Å². The molecular formula is C18H21N3O. The summed E-state index contributed by atoms with van der Waals surface area (Å²) in [6.45, 7) is 0.948. The molecule has 0 aliphatic carbocycles. The largest absolute Gasteiger partial charge is 0.496 e. The third-order valence-electron chi connectivity index (χ3n) is 4.02. The molecule has 1 atom stereocenters. The average molecular weight is 295 g/mol. The van der Waals surface area contributed by atoms with Gasteiger partial charge in [0.25, 0.3) is 0 Å². The first kappa shape index (κ1) is 14.6. The van der Waals surface area contributed by atoms with Gasteiger partial charge in [-0.3, -0.25) is 4.98 Å². The summed E-state index contributed by atoms with van der Waals surface area (Å²) in [7, 11) is 3.70. The number of nitrogens with one attached hydrogen (secondary N) is 1. The fraction of sp³-hybridized carbons (Fsp3) is 0.278. The zero-order valence-electron chi connectivity index (χ0n) is 13.0. The van der Waals surface area contributed by atoms with E-state index in [1.54, 1.807) is 7.11 Å². The van der Waals surface area contributed by atoms with E-state index in [1.165, 1.54) is 11.1 Å². The molecule has 0 aliphatic heterocycles. The van der Waals surface area contributed by atoms with Crippen molar-refractivity contribution in [2.75, 3.05) is 20.7 Å². The third kappa shape index (κ3) is 2.70. The second-order valence-corrected chi connectivity index (χ2v) is 5.31. The summed E-state index contributed by atoms with van der Waals surface area (Å²) in [5.41, 5.74) is 2.40. The lowest BCUT2D eigenvalue weighted by Gasteiger charge is -2.20. The molecule has 0 saturated carbocycles. The smallest absolute Gasteiger partial charge is 0.128 e. The van der Waals surface area contributed by atoms with Crippen molar-refractivity contribution in [2.45, 2.75) is 12.5 Å². The van der Waals surface area contributed by atoms with Crippen LogP contribution in [0.5, 0.6) is 5.75 Å². The lowest BCUT2D eigenvalue weighted by Crippen LogP contribution is -2.17. The van der Waals surface area contributed by atoms with Crippen LogP contribution in [-0.2, 0) is 0 Å². The fourth-order valence-electron chi connectivity index (χ4n) is 2.93. The van der Waals surface area contributed by atoms with Crippen LogP contribution in [-0.4, -0.2) is 30.3 Å². The quantitative estimate of drug-likeness (QED) is 0.759. The number of benzene rings is 1. The van der Waals surface area contributed by atoms with Crippen LogP contribution in [0.4, 0.5) is 0 Å². The van der Waals surface area contributed by atoms with E-state index in [-0.39, 0.29) is 6.04 Å². The maximum atomic E-state index is 5.47. The Hall–Kier alpha value is -2.33. The Morgan fingerprint density at radius 2 is 2.14 bits per heavy atom. The number of pyridine rings is 1. The van der Waals surface area contributed by atoms with Gasteiger partial charge in [-0.1, -0.05) is 12.1 Å². The monoisotopic (exact) mass is 295 g/mol. The SMILES string of the molecule is CNCCC(c1cccnc1)n1ccc2c(OC)cccc21. The van der Waals surface area contributed by atoms with Gasteiger partial charge in [0.1, 0.15) is 5.75 Å². The van der Waals surface area contributed by atoms with Crippen molar-refractivity contribution in [3.05, 3.63) is 60.6 Å². The summed E-state index contributed by atoms with van der Waals surface area (Å²) in [5.74, 6) is 0.912. The number of fused-ring (bicyclic) bond motifs is 1. The molecular weight excluding hydrogens is 274 g/mol. The lowest BCUT2D eigenvalue weighted by molar-refractivity contribution is 0.419. The van der Waals surface area contributed by atoms with Crippen LogP contribution in [0.3, 0.4) is 0 Å². The minimum atomic E-state index is 0.255. The molecule has 22 heavy (non-hydrogen) atoms.